The molecule has 0 spiro atoms. The lowest BCUT2D eigenvalue weighted by Gasteiger charge is -2.31. The van der Waals surface area contributed by atoms with Gasteiger partial charge in [0.1, 0.15) is 0 Å². The zero-order chi connectivity index (χ0) is 14.3. The van der Waals surface area contributed by atoms with Gasteiger partial charge in [0.25, 0.3) is 0 Å². The molecule has 3 rings (SSSR count). The molecular formula is C18H28N2O. The number of nitrogens with zero attached hydrogens (tertiary/aromatic N) is 1. The van der Waals surface area contributed by atoms with Crippen LogP contribution in [0, 0.1) is 5.92 Å². The number of rotatable bonds is 4. The summed E-state index contributed by atoms with van der Waals surface area (Å²) in [6, 6.07) is 8.74. The van der Waals surface area contributed by atoms with Crippen molar-refractivity contribution in [2.75, 3.05) is 43.1 Å². The van der Waals surface area contributed by atoms with Gasteiger partial charge in [-0.3, -0.25) is 0 Å². The van der Waals surface area contributed by atoms with Gasteiger partial charge in [0.15, 0.2) is 0 Å². The normalized spacial score (nSPS) is 21.0. The zero-order valence-electron chi connectivity index (χ0n) is 13.0. The van der Waals surface area contributed by atoms with Crippen LogP contribution in [-0.4, -0.2) is 32.8 Å². The van der Waals surface area contributed by atoms with Crippen molar-refractivity contribution in [3.63, 3.8) is 0 Å². The van der Waals surface area contributed by atoms with E-state index in [0.717, 1.165) is 38.8 Å². The molecule has 3 heteroatoms. The van der Waals surface area contributed by atoms with Crippen molar-refractivity contribution in [1.82, 2.24) is 0 Å². The van der Waals surface area contributed by atoms with E-state index in [1.54, 1.807) is 0 Å². The van der Waals surface area contributed by atoms with Crippen LogP contribution in [0.3, 0.4) is 0 Å². The van der Waals surface area contributed by atoms with Crippen LogP contribution in [0.25, 0.3) is 0 Å². The first-order valence-corrected chi connectivity index (χ1v) is 8.59. The summed E-state index contributed by atoms with van der Waals surface area (Å²) in [5.41, 5.74) is 2.64. The van der Waals surface area contributed by atoms with Crippen molar-refractivity contribution >= 4 is 11.4 Å². The van der Waals surface area contributed by atoms with Gasteiger partial charge in [-0.05, 0) is 30.9 Å². The van der Waals surface area contributed by atoms with Gasteiger partial charge >= 0.3 is 0 Å². The summed E-state index contributed by atoms with van der Waals surface area (Å²) in [4.78, 5) is 2.44. The minimum absolute atomic E-state index is 0.844. The number of hydrogen-bond donors (Lipinski definition) is 1. The summed E-state index contributed by atoms with van der Waals surface area (Å²) in [5.74, 6) is 0.852. The monoisotopic (exact) mass is 288 g/mol. The fourth-order valence-electron chi connectivity index (χ4n) is 3.53. The predicted molar refractivity (Wildman–Crippen MR) is 89.2 cm³/mol. The third-order valence-electron chi connectivity index (χ3n) is 4.81. The molecule has 2 aliphatic rings. The van der Waals surface area contributed by atoms with Crippen LogP contribution in [0.5, 0.6) is 0 Å². The number of hydrogen-bond acceptors (Lipinski definition) is 3. The summed E-state index contributed by atoms with van der Waals surface area (Å²) in [6.45, 7) is 4.82. The Morgan fingerprint density at radius 2 is 1.71 bits per heavy atom. The van der Waals surface area contributed by atoms with Gasteiger partial charge in [0.05, 0.1) is 24.6 Å². The third kappa shape index (κ3) is 4.13. The molecule has 1 aliphatic heterocycles. The Labute approximate surface area is 128 Å². The highest BCUT2D eigenvalue weighted by Crippen LogP contribution is 2.28. The highest BCUT2D eigenvalue weighted by Gasteiger charge is 2.16. The van der Waals surface area contributed by atoms with Gasteiger partial charge in [0, 0.05) is 19.6 Å². The number of ether oxygens (including phenoxy) is 1. The molecule has 0 bridgehead atoms. The molecule has 1 saturated heterocycles. The van der Waals surface area contributed by atoms with Crippen LogP contribution < -0.4 is 10.2 Å². The van der Waals surface area contributed by atoms with E-state index in [0.29, 0.717) is 0 Å². The Hall–Kier alpha value is -1.22. The van der Waals surface area contributed by atoms with Gasteiger partial charge in [-0.1, -0.05) is 37.8 Å². The van der Waals surface area contributed by atoms with E-state index in [9.17, 15) is 0 Å². The molecule has 1 aromatic rings. The number of morpholine rings is 1. The summed E-state index contributed by atoms with van der Waals surface area (Å²) < 4.78 is 5.47. The van der Waals surface area contributed by atoms with E-state index in [4.69, 9.17) is 4.74 Å². The molecule has 0 aromatic heterocycles. The SMILES string of the molecule is c1ccc(N2CCOCC2)c(NCC2CCCCCC2)c1. The fraction of sp³-hybridized carbons (Fsp3) is 0.667. The van der Waals surface area contributed by atoms with Crippen LogP contribution in [0.2, 0.25) is 0 Å². The molecule has 1 heterocycles. The first-order valence-electron chi connectivity index (χ1n) is 8.59. The van der Waals surface area contributed by atoms with Gasteiger partial charge in [-0.15, -0.1) is 0 Å². The van der Waals surface area contributed by atoms with Gasteiger partial charge < -0.3 is 15.0 Å². The van der Waals surface area contributed by atoms with Crippen molar-refractivity contribution < 1.29 is 4.74 Å². The Morgan fingerprint density at radius 3 is 2.48 bits per heavy atom. The second-order valence-electron chi connectivity index (χ2n) is 6.36. The van der Waals surface area contributed by atoms with Crippen molar-refractivity contribution in [2.45, 2.75) is 38.5 Å². The average molecular weight is 288 g/mol. The number of benzene rings is 1. The third-order valence-corrected chi connectivity index (χ3v) is 4.81. The van der Waals surface area contributed by atoms with Crippen LogP contribution in [0.1, 0.15) is 38.5 Å². The Kier molecular flexibility index (Phi) is 5.39. The first-order chi connectivity index (χ1) is 10.4. The van der Waals surface area contributed by atoms with E-state index >= 15 is 0 Å². The maximum absolute atomic E-state index is 5.47. The van der Waals surface area contributed by atoms with E-state index in [1.165, 1.54) is 49.9 Å². The second kappa shape index (κ2) is 7.69. The largest absolute Gasteiger partial charge is 0.383 e. The number of nitrogens with one attached hydrogen (secondary N) is 1. The molecule has 1 aliphatic carbocycles. The highest BCUT2D eigenvalue weighted by atomic mass is 16.5. The van der Waals surface area contributed by atoms with Crippen LogP contribution in [-0.2, 0) is 4.74 Å². The van der Waals surface area contributed by atoms with Gasteiger partial charge in [-0.25, -0.2) is 0 Å². The van der Waals surface area contributed by atoms with Crippen molar-refractivity contribution in [1.29, 1.82) is 0 Å². The fourth-order valence-corrected chi connectivity index (χ4v) is 3.53. The van der Waals surface area contributed by atoms with Crippen LogP contribution in [0.4, 0.5) is 11.4 Å². The van der Waals surface area contributed by atoms with E-state index in [-0.39, 0.29) is 0 Å². The lowest BCUT2D eigenvalue weighted by atomic mass is 10.0. The quantitative estimate of drug-likeness (QED) is 0.850. The molecule has 1 N–H and O–H groups in total. The Morgan fingerprint density at radius 1 is 1.00 bits per heavy atom. The molecule has 21 heavy (non-hydrogen) atoms. The molecular weight excluding hydrogens is 260 g/mol. The van der Waals surface area contributed by atoms with Crippen LogP contribution >= 0.6 is 0 Å². The molecule has 1 saturated carbocycles. The van der Waals surface area contributed by atoms with E-state index < -0.39 is 0 Å². The summed E-state index contributed by atoms with van der Waals surface area (Å²) in [7, 11) is 0. The lowest BCUT2D eigenvalue weighted by molar-refractivity contribution is 0.123. The maximum Gasteiger partial charge on any atom is 0.0642 e. The topological polar surface area (TPSA) is 24.5 Å². The molecule has 0 atom stereocenters. The molecule has 0 amide bonds. The smallest absolute Gasteiger partial charge is 0.0642 e. The minimum atomic E-state index is 0.844. The Balaban J connectivity index is 1.61. The van der Waals surface area contributed by atoms with Crippen molar-refractivity contribution in [3.05, 3.63) is 24.3 Å². The lowest BCUT2D eigenvalue weighted by Crippen LogP contribution is -2.36. The van der Waals surface area contributed by atoms with Crippen molar-refractivity contribution in [3.8, 4) is 0 Å². The zero-order valence-corrected chi connectivity index (χ0v) is 13.0. The molecule has 0 radical (unpaired) electrons. The van der Waals surface area contributed by atoms with E-state index in [1.807, 2.05) is 0 Å². The highest BCUT2D eigenvalue weighted by molar-refractivity contribution is 5.70. The summed E-state index contributed by atoms with van der Waals surface area (Å²) in [5, 5.41) is 3.73. The average Bonchev–Trinajstić information content (AvgIpc) is 2.83. The van der Waals surface area contributed by atoms with E-state index in [2.05, 4.69) is 34.5 Å². The summed E-state index contributed by atoms with van der Waals surface area (Å²) >= 11 is 0. The molecule has 0 unspecified atom stereocenters. The molecule has 1 aromatic carbocycles. The molecule has 3 nitrogen and oxygen atoms in total. The van der Waals surface area contributed by atoms with Crippen LogP contribution in [0.15, 0.2) is 24.3 Å². The predicted octanol–water partition coefficient (Wildman–Crippen LogP) is 3.91. The summed E-state index contributed by atoms with van der Waals surface area (Å²) in [6.07, 6.45) is 8.48. The minimum Gasteiger partial charge on any atom is -0.383 e. The second-order valence-corrected chi connectivity index (χ2v) is 6.36. The number of para-hydroxylation sites is 2. The maximum atomic E-state index is 5.47. The van der Waals surface area contributed by atoms with Gasteiger partial charge in [-0.2, -0.15) is 0 Å². The Bertz CT molecular complexity index is 421. The molecule has 2 fully saturated rings. The first kappa shape index (κ1) is 14.7. The van der Waals surface area contributed by atoms with Gasteiger partial charge in [0.2, 0.25) is 0 Å². The number of anilines is 2. The van der Waals surface area contributed by atoms with Crippen molar-refractivity contribution in [2.24, 2.45) is 5.92 Å². The standard InChI is InChI=1S/C18H28N2O/c1-2-4-8-16(7-3-1)15-19-17-9-5-6-10-18(17)20-11-13-21-14-12-20/h5-6,9-10,16,19H,1-4,7-8,11-15H2. The molecule has 116 valence electrons.